The molecule has 0 aliphatic carbocycles. The second-order valence-corrected chi connectivity index (χ2v) is 5.54. The first-order valence-corrected chi connectivity index (χ1v) is 6.42. The molecule has 0 atom stereocenters. The lowest BCUT2D eigenvalue weighted by atomic mass is 9.90. The van der Waals surface area contributed by atoms with Crippen molar-refractivity contribution in [2.45, 2.75) is 38.9 Å². The van der Waals surface area contributed by atoms with Crippen molar-refractivity contribution in [2.24, 2.45) is 0 Å². The molecule has 4 N–H and O–H groups in total. The maximum Gasteiger partial charge on any atom is 0.631 e. The fraction of sp³-hybridized carbons (Fsp3) is 0.429. The van der Waals surface area contributed by atoms with Gasteiger partial charge in [0.05, 0.1) is 11.9 Å². The van der Waals surface area contributed by atoms with Crippen molar-refractivity contribution < 1.29 is 33.7 Å². The molecule has 1 aromatic carbocycles. The van der Waals surface area contributed by atoms with Crippen molar-refractivity contribution in [1.82, 2.24) is 0 Å². The molecule has 1 aromatic rings. The number of halogens is 2. The number of hydrogen-bond acceptors (Lipinski definition) is 5. The van der Waals surface area contributed by atoms with Crippen LogP contribution < -0.4 is 0 Å². The van der Waals surface area contributed by atoms with Crippen LogP contribution in [0.2, 0.25) is 0 Å². The lowest BCUT2D eigenvalue weighted by molar-refractivity contribution is -0.113. The Hall–Kier alpha value is -1.48. The van der Waals surface area contributed by atoms with Crippen molar-refractivity contribution in [2.75, 3.05) is 0 Å². The largest absolute Gasteiger partial charge is 0.631 e. The number of aliphatic hydroxyl groups is 1. The summed E-state index contributed by atoms with van der Waals surface area (Å²) >= 11 is 0. The quantitative estimate of drug-likeness (QED) is 0.498. The Bertz CT molecular complexity index is 475. The third-order valence-electron chi connectivity index (χ3n) is 2.98. The van der Waals surface area contributed by atoms with Gasteiger partial charge in [-0.15, -0.1) is 0 Å². The Morgan fingerprint density at radius 1 is 1.00 bits per heavy atom. The molecule has 0 radical (unpaired) electrons. The molecular formula is C14H21BF2O5. The second kappa shape index (κ2) is 8.23. The molecule has 0 bridgehead atoms. The van der Waals surface area contributed by atoms with Crippen molar-refractivity contribution in [1.29, 1.82) is 0 Å². The first-order chi connectivity index (χ1) is 9.85. The van der Waals surface area contributed by atoms with Crippen LogP contribution in [0.1, 0.15) is 33.3 Å². The molecule has 0 aliphatic heterocycles. The summed E-state index contributed by atoms with van der Waals surface area (Å²) in [6, 6.07) is 3.19. The highest BCUT2D eigenvalue weighted by molar-refractivity contribution is 6.30. The molecule has 0 aromatic heterocycles. The molecule has 0 spiro atoms. The van der Waals surface area contributed by atoms with Gasteiger partial charge in [0, 0.05) is 6.07 Å². The summed E-state index contributed by atoms with van der Waals surface area (Å²) in [6.07, 6.45) is 2.77. The van der Waals surface area contributed by atoms with Crippen LogP contribution in [0, 0.1) is 11.6 Å². The third kappa shape index (κ3) is 8.09. The Morgan fingerprint density at radius 2 is 1.41 bits per heavy atom. The van der Waals surface area contributed by atoms with Gasteiger partial charge >= 0.3 is 7.32 Å². The highest BCUT2D eigenvalue weighted by Gasteiger charge is 2.36. The van der Waals surface area contributed by atoms with Crippen LogP contribution in [0.5, 0.6) is 0 Å². The highest BCUT2D eigenvalue weighted by Crippen LogP contribution is 2.25. The molecule has 5 nitrogen and oxygen atoms in total. The van der Waals surface area contributed by atoms with Crippen molar-refractivity contribution in [3.63, 3.8) is 0 Å². The molecule has 0 aliphatic rings. The Kier molecular flexibility index (Phi) is 7.68. The fourth-order valence-electron chi connectivity index (χ4n) is 1.10. The van der Waals surface area contributed by atoms with Gasteiger partial charge in [0.1, 0.15) is 17.2 Å². The van der Waals surface area contributed by atoms with Crippen LogP contribution in [0.15, 0.2) is 24.5 Å². The van der Waals surface area contributed by atoms with Crippen LogP contribution in [0.4, 0.5) is 8.78 Å². The van der Waals surface area contributed by atoms with E-state index in [1.54, 1.807) is 27.7 Å². The molecule has 0 unspecified atom stereocenters. The summed E-state index contributed by atoms with van der Waals surface area (Å²) in [7, 11) is -2.17. The van der Waals surface area contributed by atoms with Crippen LogP contribution in [-0.2, 0) is 4.74 Å². The van der Waals surface area contributed by atoms with Crippen LogP contribution in [-0.4, -0.2) is 38.7 Å². The monoisotopic (exact) mass is 318 g/mol. The third-order valence-corrected chi connectivity index (χ3v) is 2.98. The Labute approximate surface area is 128 Å². The van der Waals surface area contributed by atoms with Crippen LogP contribution >= 0.6 is 0 Å². The van der Waals surface area contributed by atoms with Crippen molar-refractivity contribution >= 4 is 13.4 Å². The lowest BCUT2D eigenvalue weighted by Crippen LogP contribution is -2.46. The summed E-state index contributed by atoms with van der Waals surface area (Å²) in [6.45, 7) is 6.71. The average molecular weight is 318 g/mol. The zero-order valence-corrected chi connectivity index (χ0v) is 12.9. The maximum absolute atomic E-state index is 12.9. The van der Waals surface area contributed by atoms with Gasteiger partial charge in [-0.1, -0.05) is 0 Å². The molecule has 0 amide bonds. The lowest BCUT2D eigenvalue weighted by Gasteiger charge is -2.36. The minimum atomic E-state index is -2.17. The van der Waals surface area contributed by atoms with Crippen LogP contribution in [0.3, 0.4) is 0 Å². The summed E-state index contributed by atoms with van der Waals surface area (Å²) in [5, 5.41) is 31.4. The van der Waals surface area contributed by atoms with E-state index in [4.69, 9.17) is 19.8 Å². The maximum atomic E-state index is 12.9. The highest BCUT2D eigenvalue weighted by atomic mass is 19.1. The van der Waals surface area contributed by atoms with Gasteiger partial charge in [0.15, 0.2) is 0 Å². The van der Waals surface area contributed by atoms with Gasteiger partial charge in [-0.2, -0.15) is 0 Å². The van der Waals surface area contributed by atoms with E-state index in [9.17, 15) is 13.9 Å². The molecule has 0 saturated heterocycles. The molecule has 1 rings (SSSR count). The summed E-state index contributed by atoms with van der Waals surface area (Å²) < 4.78 is 31.2. The van der Waals surface area contributed by atoms with Crippen LogP contribution in [0.25, 0.3) is 6.08 Å². The minimum absolute atomic E-state index is 0.360. The van der Waals surface area contributed by atoms with E-state index in [0.29, 0.717) is 5.56 Å². The van der Waals surface area contributed by atoms with Gasteiger partial charge in [0.2, 0.25) is 0 Å². The summed E-state index contributed by atoms with van der Waals surface area (Å²) in [4.78, 5) is 0. The summed E-state index contributed by atoms with van der Waals surface area (Å²) in [5.41, 5.74) is -1.49. The normalized spacial score (nSPS) is 11.9. The molecule has 0 fully saturated rings. The van der Waals surface area contributed by atoms with Crippen molar-refractivity contribution in [3.8, 4) is 0 Å². The fourth-order valence-corrected chi connectivity index (χ4v) is 1.10. The first kappa shape index (κ1) is 20.5. The van der Waals surface area contributed by atoms with Gasteiger partial charge in [-0.25, -0.2) is 8.78 Å². The number of rotatable bonds is 4. The van der Waals surface area contributed by atoms with E-state index < -0.39 is 30.2 Å². The van der Waals surface area contributed by atoms with Gasteiger partial charge < -0.3 is 24.9 Å². The zero-order chi connectivity index (χ0) is 17.6. The molecular weight excluding hydrogens is 297 g/mol. The molecule has 8 heteroatoms. The van der Waals surface area contributed by atoms with E-state index in [1.165, 1.54) is 24.5 Å². The SMILES string of the molecule is CC(C)(O)C(C)(C)O/C=C/c1cc(F)cc(F)c1.OB(O)O. The van der Waals surface area contributed by atoms with Gasteiger partial charge in [-0.3, -0.25) is 0 Å². The number of hydrogen-bond donors (Lipinski definition) is 4. The van der Waals surface area contributed by atoms with E-state index in [2.05, 4.69) is 0 Å². The Morgan fingerprint density at radius 3 is 1.77 bits per heavy atom. The van der Waals surface area contributed by atoms with Gasteiger partial charge in [-0.05, 0) is 51.5 Å². The molecule has 0 saturated carbocycles. The van der Waals surface area contributed by atoms with E-state index in [0.717, 1.165) is 6.07 Å². The molecule has 0 heterocycles. The smallest absolute Gasteiger partial charge is 0.492 e. The topological polar surface area (TPSA) is 90.2 Å². The Balaban J connectivity index is 0.000000980. The second-order valence-electron chi connectivity index (χ2n) is 5.54. The standard InChI is InChI=1S/C14H18F2O2.BH3O3/c1-13(2,17)14(3,4)18-6-5-10-7-11(15)9-12(16)8-10;2-1(3)4/h5-9,17H,1-4H3;2-4H/b6-5+;. The molecule has 124 valence electrons. The molecule has 22 heavy (non-hydrogen) atoms. The minimum Gasteiger partial charge on any atom is -0.492 e. The van der Waals surface area contributed by atoms with Gasteiger partial charge in [0.25, 0.3) is 0 Å². The number of benzene rings is 1. The van der Waals surface area contributed by atoms with E-state index >= 15 is 0 Å². The first-order valence-electron chi connectivity index (χ1n) is 6.42. The van der Waals surface area contributed by atoms with E-state index in [1.807, 2.05) is 0 Å². The average Bonchev–Trinajstić information content (AvgIpc) is 2.24. The predicted molar refractivity (Wildman–Crippen MR) is 79.3 cm³/mol. The van der Waals surface area contributed by atoms with Crippen molar-refractivity contribution in [3.05, 3.63) is 41.7 Å². The van der Waals surface area contributed by atoms with E-state index in [-0.39, 0.29) is 0 Å². The summed E-state index contributed by atoms with van der Waals surface area (Å²) in [5.74, 6) is -1.28. The predicted octanol–water partition coefficient (Wildman–Crippen LogP) is 1.45. The number of ether oxygens (including phenoxy) is 1. The zero-order valence-electron chi connectivity index (χ0n) is 12.9.